The monoisotopic (exact) mass is 441 g/mol. The number of aryl methyl sites for hydroxylation is 1. The maximum Gasteiger partial charge on any atom is 0.259 e. The molecule has 1 N–H and O–H groups in total. The fourth-order valence-corrected chi connectivity index (χ4v) is 3.72. The van der Waals surface area contributed by atoms with Crippen LogP contribution in [0.15, 0.2) is 51.6 Å². The molecule has 1 fully saturated rings. The van der Waals surface area contributed by atoms with E-state index in [1.165, 1.54) is 0 Å². The molecule has 1 atom stereocenters. The van der Waals surface area contributed by atoms with E-state index >= 15 is 0 Å². The predicted molar refractivity (Wildman–Crippen MR) is 109 cm³/mol. The summed E-state index contributed by atoms with van der Waals surface area (Å²) in [7, 11) is 0. The highest BCUT2D eigenvalue weighted by atomic mass is 79.9. The summed E-state index contributed by atoms with van der Waals surface area (Å²) in [4.78, 5) is 23.3. The number of benzene rings is 1. The Morgan fingerprint density at radius 2 is 2.18 bits per heavy atom. The molecule has 1 amide bonds. The molecular weight excluding hydrogens is 422 g/mol. The van der Waals surface area contributed by atoms with Gasteiger partial charge in [0, 0.05) is 29.8 Å². The highest BCUT2D eigenvalue weighted by Crippen LogP contribution is 2.22. The van der Waals surface area contributed by atoms with Gasteiger partial charge in [-0.15, -0.1) is 0 Å². The van der Waals surface area contributed by atoms with Crippen LogP contribution in [0.4, 0.5) is 5.82 Å². The molecule has 0 aliphatic carbocycles. The summed E-state index contributed by atoms with van der Waals surface area (Å²) in [6.45, 7) is 3.38. The molecule has 3 heterocycles. The van der Waals surface area contributed by atoms with Crippen LogP contribution in [-0.4, -0.2) is 40.2 Å². The first-order valence-corrected chi connectivity index (χ1v) is 9.92. The van der Waals surface area contributed by atoms with Gasteiger partial charge >= 0.3 is 0 Å². The zero-order chi connectivity index (χ0) is 19.5. The lowest BCUT2D eigenvalue weighted by Gasteiger charge is -2.18. The van der Waals surface area contributed by atoms with Crippen LogP contribution in [0.25, 0.3) is 11.5 Å². The summed E-state index contributed by atoms with van der Waals surface area (Å²) >= 11 is 3.49. The van der Waals surface area contributed by atoms with Gasteiger partial charge in [0.15, 0.2) is 5.82 Å². The van der Waals surface area contributed by atoms with E-state index in [1.54, 1.807) is 13.1 Å². The average Bonchev–Trinajstić information content (AvgIpc) is 3.33. The Bertz CT molecular complexity index is 973. The van der Waals surface area contributed by atoms with E-state index in [0.29, 0.717) is 18.1 Å². The number of amides is 1. The Hall–Kier alpha value is -2.74. The highest BCUT2D eigenvalue weighted by molar-refractivity contribution is 9.10. The molecule has 1 unspecified atom stereocenters. The lowest BCUT2D eigenvalue weighted by Crippen LogP contribution is -2.38. The van der Waals surface area contributed by atoms with Crippen molar-refractivity contribution in [3.8, 4) is 11.5 Å². The number of nitrogens with zero attached hydrogens (tertiary/aromatic N) is 4. The maximum atomic E-state index is 12.4. The van der Waals surface area contributed by atoms with Crippen LogP contribution in [0.3, 0.4) is 0 Å². The third-order valence-electron chi connectivity index (χ3n) is 4.71. The Morgan fingerprint density at radius 1 is 1.32 bits per heavy atom. The van der Waals surface area contributed by atoms with E-state index in [-0.39, 0.29) is 11.9 Å². The topological polar surface area (TPSA) is 84.2 Å². The fraction of sp³-hybridized carbons (Fsp3) is 0.300. The van der Waals surface area contributed by atoms with Crippen LogP contribution in [0.5, 0.6) is 0 Å². The smallest absolute Gasteiger partial charge is 0.259 e. The lowest BCUT2D eigenvalue weighted by molar-refractivity contribution is -0.121. The molecule has 0 spiro atoms. The van der Waals surface area contributed by atoms with Crippen molar-refractivity contribution in [3.63, 3.8) is 0 Å². The van der Waals surface area contributed by atoms with Gasteiger partial charge in [-0.3, -0.25) is 4.79 Å². The SMILES string of the molecule is Cc1noc(-c2ccc(N3CCC(NC(=O)Cc4ccccc4Br)C3)nc2)n1. The van der Waals surface area contributed by atoms with Crippen molar-refractivity contribution in [2.75, 3.05) is 18.0 Å². The standard InChI is InChI=1S/C20H20BrN5O2/c1-13-23-20(28-25-13)15-6-7-18(22-11-15)26-9-8-16(12-26)24-19(27)10-14-4-2-3-5-17(14)21/h2-7,11,16H,8-10,12H2,1H3,(H,24,27). The van der Waals surface area contributed by atoms with Gasteiger partial charge < -0.3 is 14.7 Å². The zero-order valence-corrected chi connectivity index (χ0v) is 17.0. The van der Waals surface area contributed by atoms with Crippen LogP contribution in [0.1, 0.15) is 17.8 Å². The van der Waals surface area contributed by atoms with E-state index in [2.05, 4.69) is 41.3 Å². The van der Waals surface area contributed by atoms with Crippen LogP contribution in [0, 0.1) is 6.92 Å². The minimum atomic E-state index is 0.0359. The van der Waals surface area contributed by atoms with Gasteiger partial charge in [-0.25, -0.2) is 4.98 Å². The molecule has 1 saturated heterocycles. The van der Waals surface area contributed by atoms with Crippen molar-refractivity contribution in [1.82, 2.24) is 20.4 Å². The van der Waals surface area contributed by atoms with Crippen molar-refractivity contribution < 1.29 is 9.32 Å². The van der Waals surface area contributed by atoms with Gasteiger partial charge in [0.1, 0.15) is 5.82 Å². The minimum absolute atomic E-state index is 0.0359. The van der Waals surface area contributed by atoms with Crippen molar-refractivity contribution in [2.24, 2.45) is 0 Å². The number of nitrogens with one attached hydrogen (secondary N) is 1. The quantitative estimate of drug-likeness (QED) is 0.654. The van der Waals surface area contributed by atoms with E-state index in [0.717, 1.165) is 40.9 Å². The van der Waals surface area contributed by atoms with Crippen molar-refractivity contribution in [1.29, 1.82) is 0 Å². The molecule has 4 rings (SSSR count). The van der Waals surface area contributed by atoms with Gasteiger partial charge in [0.2, 0.25) is 5.91 Å². The van der Waals surface area contributed by atoms with Crippen LogP contribution < -0.4 is 10.2 Å². The molecule has 144 valence electrons. The number of carbonyl (C=O) groups is 1. The zero-order valence-electron chi connectivity index (χ0n) is 15.4. The van der Waals surface area contributed by atoms with Crippen LogP contribution >= 0.6 is 15.9 Å². The summed E-state index contributed by atoms with van der Waals surface area (Å²) in [5.41, 5.74) is 1.78. The number of anilines is 1. The van der Waals surface area contributed by atoms with E-state index in [9.17, 15) is 4.79 Å². The molecule has 1 aromatic carbocycles. The summed E-state index contributed by atoms with van der Waals surface area (Å²) in [5.74, 6) is 1.98. The van der Waals surface area contributed by atoms with Gasteiger partial charge in [-0.2, -0.15) is 4.98 Å². The molecule has 28 heavy (non-hydrogen) atoms. The number of halogens is 1. The Kier molecular flexibility index (Phi) is 5.38. The molecule has 7 nitrogen and oxygen atoms in total. The van der Waals surface area contributed by atoms with Gasteiger partial charge in [0.05, 0.1) is 12.0 Å². The molecule has 2 aromatic heterocycles. The number of rotatable bonds is 5. The second kappa shape index (κ2) is 8.10. The van der Waals surface area contributed by atoms with Gasteiger partial charge in [0.25, 0.3) is 5.89 Å². The second-order valence-electron chi connectivity index (χ2n) is 6.82. The molecule has 8 heteroatoms. The second-order valence-corrected chi connectivity index (χ2v) is 7.67. The number of aromatic nitrogens is 3. The summed E-state index contributed by atoms with van der Waals surface area (Å²) in [6.07, 6.45) is 3.00. The van der Waals surface area contributed by atoms with Crippen molar-refractivity contribution in [3.05, 3.63) is 58.5 Å². The Labute approximate surface area is 171 Å². The lowest BCUT2D eigenvalue weighted by atomic mass is 10.1. The average molecular weight is 442 g/mol. The molecular formula is C20H20BrN5O2. The van der Waals surface area contributed by atoms with Gasteiger partial charge in [-0.05, 0) is 37.1 Å². The first-order valence-electron chi connectivity index (χ1n) is 9.13. The number of hydrogen-bond acceptors (Lipinski definition) is 6. The minimum Gasteiger partial charge on any atom is -0.354 e. The molecule has 1 aliphatic heterocycles. The summed E-state index contributed by atoms with van der Waals surface area (Å²) in [5, 5.41) is 6.93. The third-order valence-corrected chi connectivity index (χ3v) is 5.48. The number of pyridine rings is 1. The molecule has 0 saturated carbocycles. The molecule has 0 bridgehead atoms. The fourth-order valence-electron chi connectivity index (χ4n) is 3.29. The Balaban J connectivity index is 1.33. The van der Waals surface area contributed by atoms with E-state index < -0.39 is 0 Å². The molecule has 1 aliphatic rings. The third kappa shape index (κ3) is 4.22. The maximum absolute atomic E-state index is 12.4. The number of hydrogen-bond donors (Lipinski definition) is 1. The first-order chi connectivity index (χ1) is 13.6. The first kappa shape index (κ1) is 18.6. The largest absolute Gasteiger partial charge is 0.354 e. The normalized spacial score (nSPS) is 16.4. The summed E-state index contributed by atoms with van der Waals surface area (Å²) in [6, 6.07) is 11.8. The Morgan fingerprint density at radius 3 is 2.89 bits per heavy atom. The summed E-state index contributed by atoms with van der Waals surface area (Å²) < 4.78 is 6.13. The van der Waals surface area contributed by atoms with E-state index in [1.807, 2.05) is 36.4 Å². The highest BCUT2D eigenvalue weighted by Gasteiger charge is 2.25. The van der Waals surface area contributed by atoms with Crippen molar-refractivity contribution >= 4 is 27.7 Å². The van der Waals surface area contributed by atoms with Crippen LogP contribution in [-0.2, 0) is 11.2 Å². The van der Waals surface area contributed by atoms with Gasteiger partial charge in [-0.1, -0.05) is 39.3 Å². The predicted octanol–water partition coefficient (Wildman–Crippen LogP) is 3.14. The van der Waals surface area contributed by atoms with E-state index in [4.69, 9.17) is 4.52 Å². The molecule has 3 aromatic rings. The van der Waals surface area contributed by atoms with Crippen molar-refractivity contribution in [2.45, 2.75) is 25.8 Å². The number of carbonyl (C=O) groups excluding carboxylic acids is 1. The van der Waals surface area contributed by atoms with Crippen LogP contribution in [0.2, 0.25) is 0 Å². The molecule has 0 radical (unpaired) electrons.